The summed E-state index contributed by atoms with van der Waals surface area (Å²) >= 11 is 0. The number of benzene rings is 2. The Morgan fingerprint density at radius 1 is 0.963 bits per heavy atom. The fourth-order valence-corrected chi connectivity index (χ4v) is 4.55. The van der Waals surface area contributed by atoms with Gasteiger partial charge in [-0.05, 0) is 54.8 Å². The van der Waals surface area contributed by atoms with Crippen LogP contribution in [0.15, 0.2) is 52.4 Å². The van der Waals surface area contributed by atoms with Crippen LogP contribution in [-0.4, -0.2) is 46.2 Å². The molecule has 0 saturated carbocycles. The highest BCUT2D eigenvalue weighted by atomic mass is 32.2. The van der Waals surface area contributed by atoms with Crippen LogP contribution >= 0.6 is 0 Å². The summed E-state index contributed by atoms with van der Waals surface area (Å²) in [6.07, 6.45) is 4.59. The van der Waals surface area contributed by atoms with Gasteiger partial charge in [-0.25, -0.2) is 8.42 Å². The van der Waals surface area contributed by atoms with Crippen LogP contribution in [0.4, 0.5) is 5.69 Å². The minimum Gasteiger partial charge on any atom is -0.497 e. The Bertz CT molecular complexity index is 902. The van der Waals surface area contributed by atoms with Crippen LogP contribution < -0.4 is 9.47 Å². The third-order valence-corrected chi connectivity index (χ3v) is 6.47. The minimum absolute atomic E-state index is 0.240. The molecular formula is C20H24N2O4S. The maximum atomic E-state index is 12.8. The highest BCUT2D eigenvalue weighted by Crippen LogP contribution is 2.32. The standard InChI is InChI=1S/C20H24N2O4S/c1-25-17-8-6-16(7-9-17)15-21-19-11-10-18(14-20(19)26-2)27(23,24)22-12-4-3-5-13-22/h6-11,14-15H,3-5,12-13H2,1-2H3. The topological polar surface area (TPSA) is 68.2 Å². The van der Waals surface area contributed by atoms with Gasteiger partial charge in [-0.2, -0.15) is 4.31 Å². The maximum Gasteiger partial charge on any atom is 0.243 e. The molecule has 1 aliphatic rings. The van der Waals surface area contributed by atoms with E-state index >= 15 is 0 Å². The first-order valence-corrected chi connectivity index (χ1v) is 10.3. The molecule has 0 spiro atoms. The van der Waals surface area contributed by atoms with E-state index in [4.69, 9.17) is 9.47 Å². The maximum absolute atomic E-state index is 12.8. The number of hydrogen-bond donors (Lipinski definition) is 0. The lowest BCUT2D eigenvalue weighted by atomic mass is 10.2. The van der Waals surface area contributed by atoms with Gasteiger partial charge in [-0.1, -0.05) is 6.42 Å². The normalized spacial score (nSPS) is 15.8. The van der Waals surface area contributed by atoms with Crippen molar-refractivity contribution in [2.75, 3.05) is 27.3 Å². The van der Waals surface area contributed by atoms with E-state index in [0.29, 0.717) is 24.5 Å². The fraction of sp³-hybridized carbons (Fsp3) is 0.350. The highest BCUT2D eigenvalue weighted by molar-refractivity contribution is 7.89. The first-order valence-electron chi connectivity index (χ1n) is 8.91. The van der Waals surface area contributed by atoms with Crippen LogP contribution in [0.1, 0.15) is 24.8 Å². The van der Waals surface area contributed by atoms with Crippen molar-refractivity contribution in [3.63, 3.8) is 0 Å². The van der Waals surface area contributed by atoms with Gasteiger partial charge in [0.25, 0.3) is 0 Å². The molecule has 1 heterocycles. The quantitative estimate of drug-likeness (QED) is 0.709. The van der Waals surface area contributed by atoms with E-state index in [9.17, 15) is 8.42 Å². The largest absolute Gasteiger partial charge is 0.497 e. The van der Waals surface area contributed by atoms with Crippen LogP contribution in [-0.2, 0) is 10.0 Å². The number of sulfonamides is 1. The second-order valence-corrected chi connectivity index (χ2v) is 8.27. The highest BCUT2D eigenvalue weighted by Gasteiger charge is 2.26. The zero-order chi connectivity index (χ0) is 19.3. The van der Waals surface area contributed by atoms with E-state index in [2.05, 4.69) is 4.99 Å². The van der Waals surface area contributed by atoms with Crippen LogP contribution in [0.3, 0.4) is 0 Å². The number of rotatable bonds is 6. The average Bonchev–Trinajstić information content (AvgIpc) is 2.73. The van der Waals surface area contributed by atoms with Gasteiger partial charge in [0.1, 0.15) is 17.2 Å². The van der Waals surface area contributed by atoms with Crippen molar-refractivity contribution in [2.24, 2.45) is 4.99 Å². The van der Waals surface area contributed by atoms with Gasteiger partial charge < -0.3 is 9.47 Å². The zero-order valence-corrected chi connectivity index (χ0v) is 16.4. The van der Waals surface area contributed by atoms with Crippen molar-refractivity contribution in [3.05, 3.63) is 48.0 Å². The van der Waals surface area contributed by atoms with Gasteiger partial charge in [0.15, 0.2) is 0 Å². The molecule has 0 N–H and O–H groups in total. The van der Waals surface area contributed by atoms with Crippen LogP contribution in [0.2, 0.25) is 0 Å². The monoisotopic (exact) mass is 388 g/mol. The smallest absolute Gasteiger partial charge is 0.243 e. The summed E-state index contributed by atoms with van der Waals surface area (Å²) < 4.78 is 37.7. The molecule has 2 aromatic rings. The molecule has 1 aliphatic heterocycles. The van der Waals surface area contributed by atoms with Gasteiger partial charge in [0.05, 0.1) is 19.1 Å². The molecular weight excluding hydrogens is 364 g/mol. The van der Waals surface area contributed by atoms with E-state index in [-0.39, 0.29) is 4.90 Å². The molecule has 0 radical (unpaired) electrons. The molecule has 2 aromatic carbocycles. The van der Waals surface area contributed by atoms with Gasteiger partial charge in [0.2, 0.25) is 10.0 Å². The molecule has 3 rings (SSSR count). The molecule has 0 atom stereocenters. The number of hydrogen-bond acceptors (Lipinski definition) is 5. The molecule has 0 amide bonds. The molecule has 0 aromatic heterocycles. The van der Waals surface area contributed by atoms with E-state index in [1.165, 1.54) is 7.11 Å². The van der Waals surface area contributed by atoms with Crippen molar-refractivity contribution in [1.29, 1.82) is 0 Å². The van der Waals surface area contributed by atoms with Gasteiger partial charge in [-0.3, -0.25) is 4.99 Å². The van der Waals surface area contributed by atoms with Gasteiger partial charge in [0, 0.05) is 25.4 Å². The molecule has 6 nitrogen and oxygen atoms in total. The SMILES string of the molecule is COc1ccc(C=Nc2ccc(S(=O)(=O)N3CCCCC3)cc2OC)cc1. The number of methoxy groups -OCH3 is 2. The van der Waals surface area contributed by atoms with Crippen molar-refractivity contribution >= 4 is 21.9 Å². The Balaban J connectivity index is 1.84. The Kier molecular flexibility index (Phi) is 6.13. The molecule has 7 heteroatoms. The summed E-state index contributed by atoms with van der Waals surface area (Å²) in [5, 5.41) is 0. The predicted octanol–water partition coefficient (Wildman–Crippen LogP) is 3.63. The minimum atomic E-state index is -3.50. The summed E-state index contributed by atoms with van der Waals surface area (Å²) in [4.78, 5) is 4.68. The van der Waals surface area contributed by atoms with E-state index in [1.54, 1.807) is 35.8 Å². The van der Waals surface area contributed by atoms with Crippen molar-refractivity contribution in [1.82, 2.24) is 4.31 Å². The summed E-state index contributed by atoms with van der Waals surface area (Å²) in [5.41, 5.74) is 1.48. The number of nitrogens with zero attached hydrogens (tertiary/aromatic N) is 2. The van der Waals surface area contributed by atoms with Crippen LogP contribution in [0.25, 0.3) is 0 Å². The predicted molar refractivity (Wildman–Crippen MR) is 106 cm³/mol. The zero-order valence-electron chi connectivity index (χ0n) is 15.6. The van der Waals surface area contributed by atoms with Crippen molar-refractivity contribution < 1.29 is 17.9 Å². The summed E-state index contributed by atoms with van der Waals surface area (Å²) in [5.74, 6) is 1.20. The van der Waals surface area contributed by atoms with E-state index in [1.807, 2.05) is 24.3 Å². The van der Waals surface area contributed by atoms with Gasteiger partial charge >= 0.3 is 0 Å². The van der Waals surface area contributed by atoms with Crippen molar-refractivity contribution in [2.45, 2.75) is 24.2 Å². The van der Waals surface area contributed by atoms with Gasteiger partial charge in [-0.15, -0.1) is 0 Å². The summed E-state index contributed by atoms with van der Waals surface area (Å²) in [7, 11) is -0.367. The number of piperidine rings is 1. The molecule has 27 heavy (non-hydrogen) atoms. The van der Waals surface area contributed by atoms with Crippen LogP contribution in [0, 0.1) is 0 Å². The number of ether oxygens (including phenoxy) is 2. The fourth-order valence-electron chi connectivity index (χ4n) is 3.01. The third kappa shape index (κ3) is 4.48. The van der Waals surface area contributed by atoms with Crippen molar-refractivity contribution in [3.8, 4) is 11.5 Å². The first-order chi connectivity index (χ1) is 13.0. The molecule has 0 unspecified atom stereocenters. The summed E-state index contributed by atoms with van der Waals surface area (Å²) in [6, 6.07) is 12.3. The Morgan fingerprint density at radius 3 is 2.30 bits per heavy atom. The van der Waals surface area contributed by atoms with Crippen LogP contribution in [0.5, 0.6) is 11.5 Å². The lowest BCUT2D eigenvalue weighted by Crippen LogP contribution is -2.35. The average molecular weight is 388 g/mol. The molecule has 0 bridgehead atoms. The lowest BCUT2D eigenvalue weighted by Gasteiger charge is -2.26. The number of aliphatic imine (C=N–C) groups is 1. The summed E-state index contributed by atoms with van der Waals surface area (Å²) in [6.45, 7) is 1.14. The van der Waals surface area contributed by atoms with E-state index < -0.39 is 10.0 Å². The Hall–Kier alpha value is -2.38. The molecule has 1 fully saturated rings. The molecule has 1 saturated heterocycles. The Labute approximate surface area is 160 Å². The second kappa shape index (κ2) is 8.54. The lowest BCUT2D eigenvalue weighted by molar-refractivity contribution is 0.346. The van der Waals surface area contributed by atoms with E-state index in [0.717, 1.165) is 30.6 Å². The second-order valence-electron chi connectivity index (χ2n) is 6.33. The first kappa shape index (κ1) is 19.4. The third-order valence-electron chi connectivity index (χ3n) is 4.57. The Morgan fingerprint density at radius 2 is 1.67 bits per heavy atom. The molecule has 0 aliphatic carbocycles. The molecule has 144 valence electrons.